The number of hydrogen-bond donors (Lipinski definition) is 2. The Bertz CT molecular complexity index is 983. The summed E-state index contributed by atoms with van der Waals surface area (Å²) in [6.45, 7) is 0. The Labute approximate surface area is 160 Å². The van der Waals surface area contributed by atoms with Crippen molar-refractivity contribution in [1.29, 1.82) is 5.26 Å². The molecule has 0 bridgehead atoms. The van der Waals surface area contributed by atoms with E-state index < -0.39 is 11.6 Å². The molecule has 3 aromatic rings. The van der Waals surface area contributed by atoms with Gasteiger partial charge in [-0.2, -0.15) is 10.4 Å². The zero-order chi connectivity index (χ0) is 19.2. The molecule has 9 heteroatoms. The molecule has 0 spiro atoms. The largest absolute Gasteiger partial charge is 0.345 e. The molecule has 0 aliphatic heterocycles. The second kappa shape index (κ2) is 8.31. The summed E-state index contributed by atoms with van der Waals surface area (Å²) in [6, 6.07) is 10.7. The van der Waals surface area contributed by atoms with Crippen molar-refractivity contribution in [3.8, 4) is 17.2 Å². The fourth-order valence-corrected chi connectivity index (χ4v) is 2.57. The molecular weight excluding hydrogens is 368 g/mol. The number of carbonyl (C=O) groups excluding carboxylic acids is 1. The predicted molar refractivity (Wildman–Crippen MR) is 99.4 cm³/mol. The molecule has 0 aliphatic carbocycles. The number of benzene rings is 1. The molecule has 1 unspecified atom stereocenters. The van der Waals surface area contributed by atoms with Gasteiger partial charge in [-0.05, 0) is 18.2 Å². The van der Waals surface area contributed by atoms with Gasteiger partial charge in [0.25, 0.3) is 5.91 Å². The zero-order valence-corrected chi connectivity index (χ0v) is 15.0. The minimum atomic E-state index is -1.10. The van der Waals surface area contributed by atoms with Gasteiger partial charge >= 0.3 is 0 Å². The highest BCUT2D eigenvalue weighted by Crippen LogP contribution is 2.29. The van der Waals surface area contributed by atoms with Gasteiger partial charge in [0.1, 0.15) is 6.07 Å². The van der Waals surface area contributed by atoms with Crippen LogP contribution in [0.25, 0.3) is 11.1 Å². The Hall–Kier alpha value is -3.41. The first-order valence-corrected chi connectivity index (χ1v) is 8.31. The molecule has 136 valence electrons. The standard InChI is InChI=1S/C18H15ClN6O2/c1-25-11-13(10-22-25)14-5-2-6-16(15(14)8-20)23-18(19)27-24-17(26)12-4-3-7-21-9-12/h2-7,9-11,18,23H,1H3,(H,24,26). The Morgan fingerprint density at radius 2 is 2.19 bits per heavy atom. The van der Waals surface area contributed by atoms with Crippen LogP contribution in [0.15, 0.2) is 55.1 Å². The van der Waals surface area contributed by atoms with Crippen LogP contribution in [-0.2, 0) is 11.9 Å². The normalized spacial score (nSPS) is 11.4. The molecule has 8 nitrogen and oxygen atoms in total. The van der Waals surface area contributed by atoms with Crippen LogP contribution >= 0.6 is 11.6 Å². The number of anilines is 1. The first-order valence-electron chi connectivity index (χ1n) is 7.87. The van der Waals surface area contributed by atoms with E-state index in [1.54, 1.807) is 48.4 Å². The van der Waals surface area contributed by atoms with Crippen LogP contribution in [0.1, 0.15) is 15.9 Å². The zero-order valence-electron chi connectivity index (χ0n) is 14.3. The summed E-state index contributed by atoms with van der Waals surface area (Å²) >= 11 is 6.09. The number of rotatable bonds is 6. The molecular formula is C18H15ClN6O2. The summed E-state index contributed by atoms with van der Waals surface area (Å²) in [4.78, 5) is 20.9. The number of nitrogens with one attached hydrogen (secondary N) is 2. The van der Waals surface area contributed by atoms with Crippen molar-refractivity contribution in [3.63, 3.8) is 0 Å². The molecule has 2 aromatic heterocycles. The lowest BCUT2D eigenvalue weighted by Gasteiger charge is -2.16. The maximum absolute atomic E-state index is 11.9. The maximum Gasteiger partial charge on any atom is 0.276 e. The molecule has 0 fully saturated rings. The predicted octanol–water partition coefficient (Wildman–Crippen LogP) is 2.65. The Morgan fingerprint density at radius 3 is 2.85 bits per heavy atom. The van der Waals surface area contributed by atoms with Crippen LogP contribution in [0.5, 0.6) is 0 Å². The van der Waals surface area contributed by atoms with Gasteiger partial charge in [0.05, 0.1) is 23.0 Å². The summed E-state index contributed by atoms with van der Waals surface area (Å²) in [7, 11) is 1.80. The van der Waals surface area contributed by atoms with Crippen molar-refractivity contribution < 1.29 is 9.63 Å². The van der Waals surface area contributed by atoms with Gasteiger partial charge in [0.2, 0.25) is 5.69 Å². The first kappa shape index (κ1) is 18.4. The molecule has 27 heavy (non-hydrogen) atoms. The molecule has 0 radical (unpaired) electrons. The van der Waals surface area contributed by atoms with Gasteiger partial charge in [0, 0.05) is 36.8 Å². The average Bonchev–Trinajstić information content (AvgIpc) is 3.12. The average molecular weight is 383 g/mol. The highest BCUT2D eigenvalue weighted by molar-refractivity contribution is 6.20. The number of amides is 1. The molecule has 2 N–H and O–H groups in total. The second-order valence-electron chi connectivity index (χ2n) is 5.49. The fraction of sp³-hybridized carbons (Fsp3) is 0.111. The summed E-state index contributed by atoms with van der Waals surface area (Å²) in [6.07, 6.45) is 6.44. The molecule has 0 saturated heterocycles. The van der Waals surface area contributed by atoms with E-state index in [0.717, 1.165) is 5.56 Å². The number of nitrogens with zero attached hydrogens (tertiary/aromatic N) is 4. The molecule has 3 rings (SSSR count). The van der Waals surface area contributed by atoms with Crippen molar-refractivity contribution >= 4 is 23.2 Å². The number of pyridine rings is 1. The van der Waals surface area contributed by atoms with Crippen LogP contribution in [0.3, 0.4) is 0 Å². The van der Waals surface area contributed by atoms with E-state index in [1.165, 1.54) is 6.20 Å². The summed E-state index contributed by atoms with van der Waals surface area (Å²) in [5, 5.41) is 16.5. The second-order valence-corrected chi connectivity index (χ2v) is 5.89. The number of nitriles is 1. The summed E-state index contributed by atoms with van der Waals surface area (Å²) in [5.74, 6) is -0.486. The molecule has 2 heterocycles. The van der Waals surface area contributed by atoms with E-state index in [-0.39, 0.29) is 0 Å². The number of aryl methyl sites for hydroxylation is 1. The van der Waals surface area contributed by atoms with Crippen molar-refractivity contribution in [2.45, 2.75) is 5.69 Å². The van der Waals surface area contributed by atoms with Gasteiger partial charge in [0.15, 0.2) is 0 Å². The fourth-order valence-electron chi connectivity index (χ4n) is 2.41. The van der Waals surface area contributed by atoms with Crippen LogP contribution in [0.4, 0.5) is 5.69 Å². The van der Waals surface area contributed by atoms with Gasteiger partial charge in [-0.15, -0.1) is 0 Å². The minimum Gasteiger partial charge on any atom is -0.345 e. The molecule has 1 atom stereocenters. The van der Waals surface area contributed by atoms with Crippen LogP contribution in [0.2, 0.25) is 0 Å². The van der Waals surface area contributed by atoms with Gasteiger partial charge < -0.3 is 5.32 Å². The van der Waals surface area contributed by atoms with Gasteiger partial charge in [-0.1, -0.05) is 23.7 Å². The van der Waals surface area contributed by atoms with E-state index in [0.29, 0.717) is 22.4 Å². The number of hydrogen-bond acceptors (Lipinski definition) is 6. The first-order chi connectivity index (χ1) is 13.1. The van der Waals surface area contributed by atoms with E-state index in [2.05, 4.69) is 26.9 Å². The Morgan fingerprint density at radius 1 is 1.33 bits per heavy atom. The highest BCUT2D eigenvalue weighted by atomic mass is 35.5. The number of alkyl halides is 1. The van der Waals surface area contributed by atoms with E-state index in [4.69, 9.17) is 16.4 Å². The van der Waals surface area contributed by atoms with E-state index in [1.807, 2.05) is 12.3 Å². The third kappa shape index (κ3) is 4.41. The highest BCUT2D eigenvalue weighted by Gasteiger charge is 2.15. The van der Waals surface area contributed by atoms with Crippen molar-refractivity contribution in [2.75, 3.05) is 5.32 Å². The molecule has 0 saturated carbocycles. The summed E-state index contributed by atoms with van der Waals surface area (Å²) in [5.41, 5.74) is 3.83. The van der Waals surface area contributed by atoms with Crippen molar-refractivity contribution in [3.05, 3.63) is 66.2 Å². The smallest absolute Gasteiger partial charge is 0.276 e. The van der Waals surface area contributed by atoms with Crippen molar-refractivity contribution in [2.24, 2.45) is 7.05 Å². The van der Waals surface area contributed by atoms with E-state index in [9.17, 15) is 10.1 Å². The Kier molecular flexibility index (Phi) is 5.66. The van der Waals surface area contributed by atoms with Gasteiger partial charge in [-0.3, -0.25) is 14.5 Å². The van der Waals surface area contributed by atoms with E-state index >= 15 is 0 Å². The van der Waals surface area contributed by atoms with Crippen molar-refractivity contribution in [1.82, 2.24) is 20.2 Å². The monoisotopic (exact) mass is 382 g/mol. The van der Waals surface area contributed by atoms with Gasteiger partial charge in [-0.25, -0.2) is 10.3 Å². The topological polar surface area (TPSA) is 105 Å². The third-order valence-corrected chi connectivity index (χ3v) is 3.84. The number of hydroxylamine groups is 1. The lowest BCUT2D eigenvalue weighted by molar-refractivity contribution is 0.0255. The lowest BCUT2D eigenvalue weighted by Crippen LogP contribution is -2.31. The molecule has 1 aromatic carbocycles. The minimum absolute atomic E-state index is 0.331. The number of aromatic nitrogens is 3. The van der Waals surface area contributed by atoms with Crippen LogP contribution in [-0.4, -0.2) is 26.4 Å². The number of halogens is 1. The Balaban J connectivity index is 1.70. The molecule has 1 amide bonds. The molecule has 0 aliphatic rings. The third-order valence-electron chi connectivity index (χ3n) is 3.64. The maximum atomic E-state index is 11.9. The van der Waals surface area contributed by atoms with Crippen LogP contribution in [0, 0.1) is 11.3 Å². The lowest BCUT2D eigenvalue weighted by atomic mass is 10.0. The number of carbonyl (C=O) groups is 1. The quantitative estimate of drug-likeness (QED) is 0.294. The van der Waals surface area contributed by atoms with Crippen LogP contribution < -0.4 is 10.8 Å². The summed E-state index contributed by atoms with van der Waals surface area (Å²) < 4.78 is 1.65. The SMILES string of the molecule is Cn1cc(-c2cccc(NC(Cl)ONC(=O)c3cccnc3)c2C#N)cn1.